The van der Waals surface area contributed by atoms with Crippen LogP contribution in [0.1, 0.15) is 18.1 Å². The first-order chi connectivity index (χ1) is 15.8. The van der Waals surface area contributed by atoms with Gasteiger partial charge in [0.25, 0.3) is 0 Å². The van der Waals surface area contributed by atoms with Crippen molar-refractivity contribution in [2.45, 2.75) is 6.92 Å². The molecule has 2 aromatic rings. The van der Waals surface area contributed by atoms with Gasteiger partial charge >= 0.3 is 5.97 Å². The minimum absolute atomic E-state index is 0.489. The number of esters is 1. The average molecular weight is 454 g/mol. The zero-order valence-corrected chi connectivity index (χ0v) is 19.1. The lowest BCUT2D eigenvalue weighted by Gasteiger charge is -2.08. The van der Waals surface area contributed by atoms with Gasteiger partial charge in [-0.1, -0.05) is 24.3 Å². The van der Waals surface area contributed by atoms with E-state index in [4.69, 9.17) is 23.7 Å². The van der Waals surface area contributed by atoms with Gasteiger partial charge in [-0.05, 0) is 47.5 Å². The summed E-state index contributed by atoms with van der Waals surface area (Å²) in [5, 5.41) is 10.4. The molecule has 0 unspecified atom stereocenters. The van der Waals surface area contributed by atoms with E-state index in [0.717, 1.165) is 6.92 Å². The Morgan fingerprint density at radius 2 is 1.18 bits per heavy atom. The summed E-state index contributed by atoms with van der Waals surface area (Å²) >= 11 is 0. The Morgan fingerprint density at radius 3 is 1.61 bits per heavy atom. The molecule has 0 fully saturated rings. The van der Waals surface area contributed by atoms with Gasteiger partial charge in [-0.25, -0.2) is 0 Å². The van der Waals surface area contributed by atoms with Crippen LogP contribution in [0.4, 0.5) is 0 Å². The number of methoxy groups -OCH3 is 4. The number of aliphatic hydroxyl groups is 1. The number of ketones is 1. The van der Waals surface area contributed by atoms with E-state index in [2.05, 4.69) is 0 Å². The van der Waals surface area contributed by atoms with Crippen LogP contribution < -0.4 is 18.9 Å². The molecular weight excluding hydrogens is 428 g/mol. The molecule has 0 aliphatic carbocycles. The lowest BCUT2D eigenvalue weighted by molar-refractivity contribution is -0.139. The fraction of sp³-hybridized carbons (Fsp3) is 0.200. The Labute approximate surface area is 192 Å². The monoisotopic (exact) mass is 454 g/mol. The first kappa shape index (κ1) is 25.1. The van der Waals surface area contributed by atoms with E-state index in [1.54, 1.807) is 36.4 Å². The number of rotatable bonds is 10. The third kappa shape index (κ3) is 6.90. The largest absolute Gasteiger partial charge is 0.504 e. The summed E-state index contributed by atoms with van der Waals surface area (Å²) in [5.74, 6) is -0.387. The minimum Gasteiger partial charge on any atom is -0.504 e. The van der Waals surface area contributed by atoms with E-state index in [0.29, 0.717) is 34.1 Å². The number of hydrogen-bond acceptors (Lipinski definition) is 8. The number of carbonyl (C=O) groups excluding carboxylic acids is 2. The Morgan fingerprint density at radius 1 is 0.727 bits per heavy atom. The maximum absolute atomic E-state index is 12.7. The molecule has 0 aromatic heterocycles. The Balaban J connectivity index is 2.31. The van der Waals surface area contributed by atoms with Gasteiger partial charge in [0.15, 0.2) is 28.8 Å². The van der Waals surface area contributed by atoms with E-state index < -0.39 is 23.3 Å². The van der Waals surface area contributed by atoms with Crippen LogP contribution in [0.3, 0.4) is 0 Å². The summed E-state index contributed by atoms with van der Waals surface area (Å²) in [7, 11) is 6.05. The average Bonchev–Trinajstić information content (AvgIpc) is 2.83. The molecule has 0 aliphatic rings. The SMILES string of the molecule is COc1ccc(/C=C/C(=O)/C(OC(C)=O)=C(O)/C=C/c2ccc(OC)c(OC)c2)cc1OC. The molecule has 8 heteroatoms. The standard InChI is InChI=1S/C25H26O8/c1-16(26)33-25(19(27)10-6-17-8-12-21(29-2)23(14-17)31-4)20(28)11-7-18-9-13-22(30-3)24(15-18)32-5/h6-15,27H,1-5H3/b10-6+,11-7+,25-19+. The van der Waals surface area contributed by atoms with E-state index >= 15 is 0 Å². The second kappa shape index (κ2) is 12.0. The summed E-state index contributed by atoms with van der Waals surface area (Å²) in [6.45, 7) is 1.14. The molecule has 0 atom stereocenters. The van der Waals surface area contributed by atoms with Crippen molar-refractivity contribution in [3.8, 4) is 23.0 Å². The molecule has 0 bridgehead atoms. The van der Waals surface area contributed by atoms with Crippen LogP contribution in [0.2, 0.25) is 0 Å². The predicted molar refractivity (Wildman–Crippen MR) is 124 cm³/mol. The Hall–Kier alpha value is -4.20. The first-order valence-electron chi connectivity index (χ1n) is 9.79. The van der Waals surface area contributed by atoms with Crippen molar-refractivity contribution < 1.29 is 38.4 Å². The summed E-state index contributed by atoms with van der Waals surface area (Å²) in [6.07, 6.45) is 5.47. The van der Waals surface area contributed by atoms with Gasteiger partial charge in [-0.3, -0.25) is 9.59 Å². The third-order valence-electron chi connectivity index (χ3n) is 4.38. The van der Waals surface area contributed by atoms with Gasteiger partial charge in [0, 0.05) is 6.92 Å². The van der Waals surface area contributed by atoms with Gasteiger partial charge in [0.1, 0.15) is 0 Å². The molecule has 2 aromatic carbocycles. The maximum atomic E-state index is 12.7. The molecule has 174 valence electrons. The molecule has 2 rings (SSSR count). The number of allylic oxidation sites excluding steroid dienone is 2. The number of benzene rings is 2. The molecule has 0 heterocycles. The van der Waals surface area contributed by atoms with Gasteiger partial charge in [0.2, 0.25) is 11.5 Å². The van der Waals surface area contributed by atoms with Gasteiger partial charge < -0.3 is 28.8 Å². The van der Waals surface area contributed by atoms with E-state index in [1.165, 1.54) is 52.7 Å². The molecule has 0 radical (unpaired) electrons. The van der Waals surface area contributed by atoms with Gasteiger partial charge in [-0.2, -0.15) is 0 Å². The van der Waals surface area contributed by atoms with Crippen molar-refractivity contribution in [3.63, 3.8) is 0 Å². The van der Waals surface area contributed by atoms with E-state index in [1.807, 2.05) is 0 Å². The first-order valence-corrected chi connectivity index (χ1v) is 9.79. The smallest absolute Gasteiger partial charge is 0.308 e. The molecular formula is C25H26O8. The number of aliphatic hydroxyl groups excluding tert-OH is 1. The highest BCUT2D eigenvalue weighted by atomic mass is 16.5. The highest BCUT2D eigenvalue weighted by molar-refractivity contribution is 6.06. The summed E-state index contributed by atoms with van der Waals surface area (Å²) in [6, 6.07) is 10.2. The minimum atomic E-state index is -0.746. The lowest BCUT2D eigenvalue weighted by atomic mass is 10.1. The zero-order valence-electron chi connectivity index (χ0n) is 19.1. The fourth-order valence-electron chi connectivity index (χ4n) is 2.78. The molecule has 0 amide bonds. The molecule has 0 saturated carbocycles. The van der Waals surface area contributed by atoms with Crippen LogP contribution in [0, 0.1) is 0 Å². The topological polar surface area (TPSA) is 101 Å². The molecule has 1 N–H and O–H groups in total. The quantitative estimate of drug-likeness (QED) is 0.245. The van der Waals surface area contributed by atoms with Crippen molar-refractivity contribution in [1.29, 1.82) is 0 Å². The van der Waals surface area contributed by atoms with Crippen LogP contribution in [0.25, 0.3) is 12.2 Å². The predicted octanol–water partition coefficient (Wildman–Crippen LogP) is 4.35. The normalized spacial score (nSPS) is 11.8. The van der Waals surface area contributed by atoms with Crippen LogP contribution in [-0.4, -0.2) is 45.3 Å². The molecule has 0 spiro atoms. The van der Waals surface area contributed by atoms with Crippen molar-refractivity contribution in [3.05, 3.63) is 71.2 Å². The number of carbonyl (C=O) groups is 2. The van der Waals surface area contributed by atoms with Crippen molar-refractivity contribution >= 4 is 23.9 Å². The number of ether oxygens (including phenoxy) is 5. The molecule has 8 nitrogen and oxygen atoms in total. The van der Waals surface area contributed by atoms with E-state index in [9.17, 15) is 14.7 Å². The second-order valence-electron chi connectivity index (χ2n) is 6.57. The van der Waals surface area contributed by atoms with E-state index in [-0.39, 0.29) is 0 Å². The van der Waals surface area contributed by atoms with Crippen molar-refractivity contribution in [2.24, 2.45) is 0 Å². The third-order valence-corrected chi connectivity index (χ3v) is 4.38. The van der Waals surface area contributed by atoms with Crippen molar-refractivity contribution in [2.75, 3.05) is 28.4 Å². The maximum Gasteiger partial charge on any atom is 0.308 e. The number of hydrogen-bond donors (Lipinski definition) is 1. The lowest BCUT2D eigenvalue weighted by Crippen LogP contribution is -2.10. The van der Waals surface area contributed by atoms with Crippen LogP contribution in [0.5, 0.6) is 23.0 Å². The Kier molecular flexibility index (Phi) is 9.11. The van der Waals surface area contributed by atoms with Gasteiger partial charge in [-0.15, -0.1) is 0 Å². The summed E-state index contributed by atoms with van der Waals surface area (Å²) in [4.78, 5) is 24.1. The summed E-state index contributed by atoms with van der Waals surface area (Å²) < 4.78 is 25.8. The molecule has 33 heavy (non-hydrogen) atoms. The highest BCUT2D eigenvalue weighted by Gasteiger charge is 2.16. The molecule has 0 aliphatic heterocycles. The van der Waals surface area contributed by atoms with Crippen LogP contribution in [-0.2, 0) is 14.3 Å². The second-order valence-corrected chi connectivity index (χ2v) is 6.57. The van der Waals surface area contributed by atoms with Gasteiger partial charge in [0.05, 0.1) is 28.4 Å². The summed E-state index contributed by atoms with van der Waals surface area (Å²) in [5.41, 5.74) is 1.30. The van der Waals surface area contributed by atoms with Crippen molar-refractivity contribution in [1.82, 2.24) is 0 Å². The Bertz CT molecular complexity index is 1100. The molecule has 0 saturated heterocycles. The fourth-order valence-corrected chi connectivity index (χ4v) is 2.78. The zero-order chi connectivity index (χ0) is 24.4. The van der Waals surface area contributed by atoms with Crippen LogP contribution in [0.15, 0.2) is 60.1 Å². The van der Waals surface area contributed by atoms with Crippen LogP contribution >= 0.6 is 0 Å². The highest BCUT2D eigenvalue weighted by Crippen LogP contribution is 2.29.